The fourth-order valence-corrected chi connectivity index (χ4v) is 2.35. The molecule has 2 aromatic carbocycles. The summed E-state index contributed by atoms with van der Waals surface area (Å²) < 4.78 is 0. The van der Waals surface area contributed by atoms with Gasteiger partial charge in [0.1, 0.15) is 0 Å². The van der Waals surface area contributed by atoms with Crippen LogP contribution in [0.4, 0.5) is 11.4 Å². The molecule has 0 saturated heterocycles. The molecule has 0 saturated carbocycles. The second-order valence-electron chi connectivity index (χ2n) is 4.30. The van der Waals surface area contributed by atoms with E-state index in [4.69, 9.17) is 11.6 Å². The summed E-state index contributed by atoms with van der Waals surface area (Å²) in [7, 11) is 1.95. The molecule has 2 rings (SSSR count). The van der Waals surface area contributed by atoms with Crippen LogP contribution in [0.1, 0.15) is 11.1 Å². The Balaban J connectivity index is 2.48. The highest BCUT2D eigenvalue weighted by Gasteiger charge is 2.12. The van der Waals surface area contributed by atoms with Gasteiger partial charge in [0.2, 0.25) is 0 Å². The minimum Gasteiger partial charge on any atom is -0.392 e. The lowest BCUT2D eigenvalue weighted by Gasteiger charge is -2.23. The van der Waals surface area contributed by atoms with E-state index < -0.39 is 0 Å². The van der Waals surface area contributed by atoms with Gasteiger partial charge in [-0.25, -0.2) is 0 Å². The van der Waals surface area contributed by atoms with Crippen LogP contribution in [0, 0.1) is 6.92 Å². The number of aliphatic hydroxyl groups excluding tert-OH is 1. The van der Waals surface area contributed by atoms with Crippen molar-refractivity contribution in [1.82, 2.24) is 0 Å². The minimum absolute atomic E-state index is 0.0218. The largest absolute Gasteiger partial charge is 0.392 e. The number of aryl methyl sites for hydroxylation is 1. The highest BCUT2D eigenvalue weighted by Crippen LogP contribution is 2.34. The van der Waals surface area contributed by atoms with Gasteiger partial charge in [0.05, 0.1) is 17.3 Å². The second-order valence-corrected chi connectivity index (χ2v) is 4.71. The first-order valence-corrected chi connectivity index (χ1v) is 6.20. The molecular weight excluding hydrogens is 246 g/mol. The quantitative estimate of drug-likeness (QED) is 0.906. The van der Waals surface area contributed by atoms with Gasteiger partial charge in [-0.1, -0.05) is 35.9 Å². The zero-order valence-electron chi connectivity index (χ0n) is 10.5. The maximum absolute atomic E-state index is 9.41. The first kappa shape index (κ1) is 12.9. The van der Waals surface area contributed by atoms with Crippen LogP contribution in [0.5, 0.6) is 0 Å². The van der Waals surface area contributed by atoms with Gasteiger partial charge < -0.3 is 10.0 Å². The molecule has 0 unspecified atom stereocenters. The molecule has 0 fully saturated rings. The summed E-state index contributed by atoms with van der Waals surface area (Å²) in [5, 5.41) is 10.1. The lowest BCUT2D eigenvalue weighted by atomic mass is 10.1. The molecule has 0 heterocycles. The van der Waals surface area contributed by atoms with Crippen LogP contribution in [0.25, 0.3) is 0 Å². The Morgan fingerprint density at radius 3 is 2.56 bits per heavy atom. The highest BCUT2D eigenvalue weighted by molar-refractivity contribution is 6.33. The molecule has 0 spiro atoms. The minimum atomic E-state index is -0.0218. The van der Waals surface area contributed by atoms with Gasteiger partial charge >= 0.3 is 0 Å². The van der Waals surface area contributed by atoms with Crippen molar-refractivity contribution in [2.75, 3.05) is 11.9 Å². The summed E-state index contributed by atoms with van der Waals surface area (Å²) in [6.07, 6.45) is 0. The maximum atomic E-state index is 9.41. The Morgan fingerprint density at radius 2 is 1.89 bits per heavy atom. The molecule has 0 aliphatic carbocycles. The third-order valence-electron chi connectivity index (χ3n) is 2.97. The van der Waals surface area contributed by atoms with E-state index in [1.165, 1.54) is 5.56 Å². The van der Waals surface area contributed by atoms with E-state index in [1.54, 1.807) is 0 Å². The average molecular weight is 262 g/mol. The Bertz CT molecular complexity index is 554. The van der Waals surface area contributed by atoms with E-state index in [0.29, 0.717) is 5.02 Å². The predicted octanol–water partition coefficient (Wildman–Crippen LogP) is 3.91. The van der Waals surface area contributed by atoms with E-state index in [1.807, 2.05) is 42.3 Å². The van der Waals surface area contributed by atoms with Crippen LogP contribution in [-0.4, -0.2) is 12.2 Å². The van der Waals surface area contributed by atoms with Gasteiger partial charge in [-0.05, 0) is 30.7 Å². The van der Waals surface area contributed by atoms with E-state index in [-0.39, 0.29) is 6.61 Å². The smallest absolute Gasteiger partial charge is 0.0702 e. The topological polar surface area (TPSA) is 23.5 Å². The number of halogens is 1. The summed E-state index contributed by atoms with van der Waals surface area (Å²) in [6, 6.07) is 13.7. The first-order valence-electron chi connectivity index (χ1n) is 5.82. The van der Waals surface area contributed by atoms with E-state index in [9.17, 15) is 5.11 Å². The van der Waals surface area contributed by atoms with Crippen molar-refractivity contribution in [2.45, 2.75) is 13.5 Å². The number of benzene rings is 2. The summed E-state index contributed by atoms with van der Waals surface area (Å²) in [6.45, 7) is 2.03. The monoisotopic (exact) mass is 261 g/mol. The molecule has 0 amide bonds. The van der Waals surface area contributed by atoms with Crippen molar-refractivity contribution in [2.24, 2.45) is 0 Å². The summed E-state index contributed by atoms with van der Waals surface area (Å²) in [4.78, 5) is 2.00. The molecule has 2 aromatic rings. The second kappa shape index (κ2) is 5.42. The average Bonchev–Trinajstić information content (AvgIpc) is 2.37. The Labute approximate surface area is 112 Å². The van der Waals surface area contributed by atoms with Crippen LogP contribution in [-0.2, 0) is 6.61 Å². The zero-order chi connectivity index (χ0) is 13.1. The molecule has 0 atom stereocenters. The van der Waals surface area contributed by atoms with Gasteiger partial charge in [-0.3, -0.25) is 0 Å². The fourth-order valence-electron chi connectivity index (χ4n) is 2.03. The van der Waals surface area contributed by atoms with Crippen LogP contribution in [0.3, 0.4) is 0 Å². The molecule has 0 aromatic heterocycles. The lowest BCUT2D eigenvalue weighted by Crippen LogP contribution is -2.12. The third-order valence-corrected chi connectivity index (χ3v) is 3.27. The Hall–Kier alpha value is -1.51. The van der Waals surface area contributed by atoms with Crippen molar-refractivity contribution >= 4 is 23.0 Å². The highest BCUT2D eigenvalue weighted by atomic mass is 35.5. The number of anilines is 2. The predicted molar refractivity (Wildman–Crippen MR) is 76.6 cm³/mol. The molecule has 2 nitrogen and oxygen atoms in total. The molecular formula is C15H16ClNO. The summed E-state index contributed by atoms with van der Waals surface area (Å²) >= 11 is 6.24. The van der Waals surface area contributed by atoms with Gasteiger partial charge in [0, 0.05) is 18.3 Å². The first-order chi connectivity index (χ1) is 8.63. The third kappa shape index (κ3) is 2.50. The number of rotatable bonds is 3. The molecule has 1 N–H and O–H groups in total. The van der Waals surface area contributed by atoms with Crippen LogP contribution < -0.4 is 4.90 Å². The van der Waals surface area contributed by atoms with E-state index >= 15 is 0 Å². The van der Waals surface area contributed by atoms with Crippen molar-refractivity contribution in [3.8, 4) is 0 Å². The Kier molecular flexibility index (Phi) is 3.90. The molecule has 94 valence electrons. The lowest BCUT2D eigenvalue weighted by molar-refractivity contribution is 0.282. The van der Waals surface area contributed by atoms with Crippen molar-refractivity contribution < 1.29 is 5.11 Å². The van der Waals surface area contributed by atoms with Gasteiger partial charge in [0.15, 0.2) is 0 Å². The Morgan fingerprint density at radius 1 is 1.17 bits per heavy atom. The van der Waals surface area contributed by atoms with Crippen LogP contribution in [0.2, 0.25) is 5.02 Å². The number of aliphatic hydroxyl groups is 1. The van der Waals surface area contributed by atoms with Crippen molar-refractivity contribution in [3.05, 3.63) is 58.6 Å². The van der Waals surface area contributed by atoms with Crippen LogP contribution >= 0.6 is 11.6 Å². The van der Waals surface area contributed by atoms with Gasteiger partial charge in [-0.15, -0.1) is 0 Å². The normalized spacial score (nSPS) is 10.4. The molecule has 0 bridgehead atoms. The molecule has 3 heteroatoms. The summed E-state index contributed by atoms with van der Waals surface area (Å²) in [5.74, 6) is 0. The molecule has 18 heavy (non-hydrogen) atoms. The maximum Gasteiger partial charge on any atom is 0.0702 e. The molecule has 0 radical (unpaired) electrons. The van der Waals surface area contributed by atoms with Crippen molar-refractivity contribution in [1.29, 1.82) is 0 Å². The van der Waals surface area contributed by atoms with Crippen LogP contribution in [0.15, 0.2) is 42.5 Å². The van der Waals surface area contributed by atoms with E-state index in [0.717, 1.165) is 16.9 Å². The zero-order valence-corrected chi connectivity index (χ0v) is 11.3. The molecule has 0 aliphatic heterocycles. The standard InChI is InChI=1S/C15H16ClNO/c1-11-5-3-7-13(9-11)17(2)15-12(10-18)6-4-8-14(15)16/h3-9,18H,10H2,1-2H3. The number of para-hydroxylation sites is 1. The van der Waals surface area contributed by atoms with Gasteiger partial charge in [0.25, 0.3) is 0 Å². The SMILES string of the molecule is Cc1cccc(N(C)c2c(Cl)cccc2CO)c1. The molecule has 0 aliphatic rings. The van der Waals surface area contributed by atoms with E-state index in [2.05, 4.69) is 19.1 Å². The van der Waals surface area contributed by atoms with Gasteiger partial charge in [-0.2, -0.15) is 0 Å². The number of hydrogen-bond donors (Lipinski definition) is 1. The van der Waals surface area contributed by atoms with Crippen molar-refractivity contribution in [3.63, 3.8) is 0 Å². The number of hydrogen-bond acceptors (Lipinski definition) is 2. The number of nitrogens with zero attached hydrogens (tertiary/aromatic N) is 1. The fraction of sp³-hybridized carbons (Fsp3) is 0.200. The summed E-state index contributed by atoms with van der Waals surface area (Å²) in [5.41, 5.74) is 3.92.